The topological polar surface area (TPSA) is 35.5 Å². The summed E-state index contributed by atoms with van der Waals surface area (Å²) >= 11 is 0. The van der Waals surface area contributed by atoms with Crippen molar-refractivity contribution in [1.29, 1.82) is 0 Å². The summed E-state index contributed by atoms with van der Waals surface area (Å²) in [6.45, 7) is 14.5. The van der Waals surface area contributed by atoms with Crippen LogP contribution in [0.3, 0.4) is 0 Å². The first-order chi connectivity index (χ1) is 8.70. The molecule has 0 aromatic heterocycles. The quantitative estimate of drug-likeness (QED) is 0.642. The molecule has 0 aliphatic rings. The summed E-state index contributed by atoms with van der Waals surface area (Å²) < 4.78 is 0. The lowest BCUT2D eigenvalue weighted by Gasteiger charge is -2.33. The van der Waals surface area contributed by atoms with Crippen LogP contribution in [0.2, 0.25) is 0 Å². The molecule has 0 radical (unpaired) electrons. The Hall–Kier alpha value is -0.120. The Bertz CT molecular complexity index is 231. The lowest BCUT2D eigenvalue weighted by atomic mass is 9.95. The zero-order valence-corrected chi connectivity index (χ0v) is 14.2. The van der Waals surface area contributed by atoms with Crippen LogP contribution < -0.4 is 5.32 Å². The van der Waals surface area contributed by atoms with Crippen LogP contribution in [0.25, 0.3) is 0 Å². The Morgan fingerprint density at radius 3 is 2.16 bits per heavy atom. The molecule has 0 aromatic carbocycles. The van der Waals surface area contributed by atoms with Crippen LogP contribution in [0.15, 0.2) is 0 Å². The molecule has 19 heavy (non-hydrogen) atoms. The Morgan fingerprint density at radius 1 is 1.16 bits per heavy atom. The van der Waals surface area contributed by atoms with Crippen LogP contribution in [0.1, 0.15) is 60.8 Å². The normalized spacial score (nSPS) is 17.2. The third-order valence-corrected chi connectivity index (χ3v) is 3.79. The van der Waals surface area contributed by atoms with Gasteiger partial charge in [-0.2, -0.15) is 0 Å². The van der Waals surface area contributed by atoms with E-state index in [4.69, 9.17) is 0 Å². The molecular formula is C16H36N2O. The molecule has 0 aliphatic heterocycles. The molecule has 0 bridgehead atoms. The van der Waals surface area contributed by atoms with Crippen molar-refractivity contribution in [2.24, 2.45) is 5.92 Å². The summed E-state index contributed by atoms with van der Waals surface area (Å²) in [5, 5.41) is 13.0. The lowest BCUT2D eigenvalue weighted by Crippen LogP contribution is -2.49. The van der Waals surface area contributed by atoms with E-state index in [1.54, 1.807) is 0 Å². The predicted molar refractivity (Wildman–Crippen MR) is 84.5 cm³/mol. The Morgan fingerprint density at radius 2 is 1.74 bits per heavy atom. The van der Waals surface area contributed by atoms with Crippen molar-refractivity contribution in [2.45, 2.75) is 78.4 Å². The molecule has 0 saturated heterocycles. The molecule has 0 aromatic rings. The van der Waals surface area contributed by atoms with Gasteiger partial charge in [0.1, 0.15) is 0 Å². The number of hydrogen-bond donors (Lipinski definition) is 2. The van der Waals surface area contributed by atoms with Gasteiger partial charge >= 0.3 is 0 Å². The van der Waals surface area contributed by atoms with Crippen molar-refractivity contribution in [1.82, 2.24) is 10.2 Å². The summed E-state index contributed by atoms with van der Waals surface area (Å²) in [5.41, 5.74) is -0.143. The fourth-order valence-corrected chi connectivity index (χ4v) is 2.69. The van der Waals surface area contributed by atoms with Crippen LogP contribution in [0.4, 0.5) is 0 Å². The van der Waals surface area contributed by atoms with E-state index in [0.29, 0.717) is 12.1 Å². The maximum absolute atomic E-state index is 9.55. The number of nitrogens with one attached hydrogen (secondary N) is 1. The minimum absolute atomic E-state index is 0.143. The summed E-state index contributed by atoms with van der Waals surface area (Å²) in [5.74, 6) is 0.753. The van der Waals surface area contributed by atoms with Gasteiger partial charge in [-0.3, -0.25) is 0 Å². The Balaban J connectivity index is 4.05. The molecule has 0 rings (SSSR count). The first kappa shape index (κ1) is 18.9. The monoisotopic (exact) mass is 272 g/mol. The molecular weight excluding hydrogens is 236 g/mol. The van der Waals surface area contributed by atoms with E-state index in [9.17, 15) is 5.11 Å². The first-order valence-corrected chi connectivity index (χ1v) is 7.79. The Labute approximate surface area is 120 Å². The summed E-state index contributed by atoms with van der Waals surface area (Å²) in [4.78, 5) is 2.44. The van der Waals surface area contributed by atoms with Crippen LogP contribution in [-0.4, -0.2) is 47.8 Å². The molecule has 0 spiro atoms. The van der Waals surface area contributed by atoms with Gasteiger partial charge in [0.05, 0.1) is 6.61 Å². The van der Waals surface area contributed by atoms with E-state index in [0.717, 1.165) is 25.3 Å². The highest BCUT2D eigenvalue weighted by Crippen LogP contribution is 2.15. The third-order valence-electron chi connectivity index (χ3n) is 3.79. The van der Waals surface area contributed by atoms with Gasteiger partial charge in [0.25, 0.3) is 0 Å². The molecule has 0 aliphatic carbocycles. The van der Waals surface area contributed by atoms with Crippen molar-refractivity contribution < 1.29 is 5.11 Å². The fraction of sp³-hybridized carbons (Fsp3) is 1.00. The van der Waals surface area contributed by atoms with Gasteiger partial charge < -0.3 is 15.3 Å². The molecule has 2 atom stereocenters. The fourth-order valence-electron chi connectivity index (χ4n) is 2.69. The second-order valence-corrected chi connectivity index (χ2v) is 7.08. The first-order valence-electron chi connectivity index (χ1n) is 7.79. The van der Waals surface area contributed by atoms with Crippen molar-refractivity contribution in [3.63, 3.8) is 0 Å². The minimum atomic E-state index is -0.143. The average molecular weight is 272 g/mol. The number of aliphatic hydroxyl groups is 1. The van der Waals surface area contributed by atoms with Gasteiger partial charge in [-0.1, -0.05) is 27.7 Å². The van der Waals surface area contributed by atoms with Crippen LogP contribution in [0.5, 0.6) is 0 Å². The van der Waals surface area contributed by atoms with E-state index < -0.39 is 0 Å². The molecule has 2 unspecified atom stereocenters. The highest BCUT2D eigenvalue weighted by molar-refractivity contribution is 4.84. The SMILES string of the molecule is CC(C)CC(C)N(C)CCCC(C)(CO)NC(C)C. The minimum Gasteiger partial charge on any atom is -0.394 e. The van der Waals surface area contributed by atoms with Gasteiger partial charge in [-0.15, -0.1) is 0 Å². The molecule has 0 heterocycles. The number of nitrogens with zero attached hydrogens (tertiary/aromatic N) is 1. The van der Waals surface area contributed by atoms with Crippen molar-refractivity contribution in [3.8, 4) is 0 Å². The van der Waals surface area contributed by atoms with Gasteiger partial charge in [-0.05, 0) is 52.6 Å². The molecule has 3 nitrogen and oxygen atoms in total. The highest BCUT2D eigenvalue weighted by atomic mass is 16.3. The third kappa shape index (κ3) is 8.61. The van der Waals surface area contributed by atoms with Crippen molar-refractivity contribution in [3.05, 3.63) is 0 Å². The summed E-state index contributed by atoms with van der Waals surface area (Å²) in [6, 6.07) is 1.05. The maximum atomic E-state index is 9.55. The number of hydrogen-bond acceptors (Lipinski definition) is 3. The van der Waals surface area contributed by atoms with Gasteiger partial charge in [-0.25, -0.2) is 0 Å². The highest BCUT2D eigenvalue weighted by Gasteiger charge is 2.23. The molecule has 2 N–H and O–H groups in total. The number of aliphatic hydroxyl groups excluding tert-OH is 1. The molecule has 3 heteroatoms. The predicted octanol–water partition coefficient (Wildman–Crippen LogP) is 2.88. The van der Waals surface area contributed by atoms with Gasteiger partial charge in [0, 0.05) is 17.6 Å². The van der Waals surface area contributed by atoms with E-state index >= 15 is 0 Å². The largest absolute Gasteiger partial charge is 0.394 e. The molecule has 116 valence electrons. The van der Waals surface area contributed by atoms with Crippen LogP contribution in [0, 0.1) is 5.92 Å². The van der Waals surface area contributed by atoms with E-state index in [-0.39, 0.29) is 12.1 Å². The van der Waals surface area contributed by atoms with Crippen LogP contribution >= 0.6 is 0 Å². The summed E-state index contributed by atoms with van der Waals surface area (Å²) in [6.07, 6.45) is 3.38. The second-order valence-electron chi connectivity index (χ2n) is 7.08. The van der Waals surface area contributed by atoms with E-state index in [1.807, 2.05) is 0 Å². The number of rotatable bonds is 10. The van der Waals surface area contributed by atoms with E-state index in [1.165, 1.54) is 6.42 Å². The molecule has 0 fully saturated rings. The smallest absolute Gasteiger partial charge is 0.0610 e. The van der Waals surface area contributed by atoms with Crippen molar-refractivity contribution in [2.75, 3.05) is 20.2 Å². The van der Waals surface area contributed by atoms with Gasteiger partial charge in [0.15, 0.2) is 0 Å². The van der Waals surface area contributed by atoms with Crippen LogP contribution in [-0.2, 0) is 0 Å². The molecule has 0 saturated carbocycles. The molecule has 0 amide bonds. The average Bonchev–Trinajstić information content (AvgIpc) is 2.26. The zero-order chi connectivity index (χ0) is 15.1. The Kier molecular flexibility index (Phi) is 8.88. The standard InChI is InChI=1S/C16H36N2O/c1-13(2)11-15(5)18(7)10-8-9-16(6,12-19)17-14(3)4/h13-15,17,19H,8-12H2,1-7H3. The van der Waals surface area contributed by atoms with Gasteiger partial charge in [0.2, 0.25) is 0 Å². The van der Waals surface area contributed by atoms with E-state index in [2.05, 4.69) is 58.8 Å². The maximum Gasteiger partial charge on any atom is 0.0610 e. The summed E-state index contributed by atoms with van der Waals surface area (Å²) in [7, 11) is 2.21. The second kappa shape index (κ2) is 8.93. The van der Waals surface area contributed by atoms with Crippen molar-refractivity contribution >= 4 is 0 Å². The lowest BCUT2D eigenvalue weighted by molar-refractivity contribution is 0.145. The zero-order valence-electron chi connectivity index (χ0n) is 14.2.